The molecule has 3 aromatic rings. The third kappa shape index (κ3) is 4.98. The summed E-state index contributed by atoms with van der Waals surface area (Å²) in [6.45, 7) is 5.91. The molecule has 0 aliphatic heterocycles. The zero-order valence-electron chi connectivity index (χ0n) is 18.6. The summed E-state index contributed by atoms with van der Waals surface area (Å²) in [6, 6.07) is 11.5. The zero-order chi connectivity index (χ0) is 23.4. The minimum Gasteiger partial charge on any atom is -0.464 e. The molecule has 33 heavy (non-hydrogen) atoms. The molecule has 2 aromatic heterocycles. The highest BCUT2D eigenvalue weighted by atomic mass is 16.3. The second kappa shape index (κ2) is 9.73. The number of carbonyl (C=O) groups excluding carboxylic acids is 2. The van der Waals surface area contributed by atoms with Crippen molar-refractivity contribution in [2.75, 3.05) is 6.54 Å². The Bertz CT molecular complexity index is 1250. The van der Waals surface area contributed by atoms with Crippen LogP contribution in [0.15, 0.2) is 70.7 Å². The average molecular weight is 446 g/mol. The van der Waals surface area contributed by atoms with E-state index >= 15 is 0 Å². The molecule has 170 valence electrons. The van der Waals surface area contributed by atoms with E-state index in [-0.39, 0.29) is 30.3 Å². The first kappa shape index (κ1) is 22.3. The van der Waals surface area contributed by atoms with E-state index in [2.05, 4.69) is 23.3 Å². The lowest BCUT2D eigenvalue weighted by atomic mass is 9.87. The molecule has 7 nitrogen and oxygen atoms in total. The smallest absolute Gasteiger partial charge is 0.257 e. The molecule has 0 bridgehead atoms. The van der Waals surface area contributed by atoms with E-state index in [0.717, 1.165) is 30.6 Å². The van der Waals surface area contributed by atoms with Crippen molar-refractivity contribution in [1.29, 1.82) is 0 Å². The minimum absolute atomic E-state index is 0.0763. The maximum absolute atomic E-state index is 13.2. The fraction of sp³-hybridized carbons (Fsp3) is 0.269. The summed E-state index contributed by atoms with van der Waals surface area (Å²) in [5, 5.41) is 5.63. The third-order valence-electron chi connectivity index (χ3n) is 5.78. The van der Waals surface area contributed by atoms with Crippen LogP contribution in [0, 0.1) is 6.92 Å². The number of hydrogen-bond donors (Lipinski definition) is 2. The van der Waals surface area contributed by atoms with E-state index in [1.54, 1.807) is 4.57 Å². The molecule has 1 atom stereocenters. The third-order valence-corrected chi connectivity index (χ3v) is 5.78. The predicted octanol–water partition coefficient (Wildman–Crippen LogP) is 3.52. The first-order valence-electron chi connectivity index (χ1n) is 11.0. The average Bonchev–Trinajstić information content (AvgIpc) is 3.23. The number of amides is 2. The van der Waals surface area contributed by atoms with Crippen LogP contribution in [0.5, 0.6) is 0 Å². The predicted molar refractivity (Wildman–Crippen MR) is 125 cm³/mol. The van der Waals surface area contributed by atoms with Gasteiger partial charge in [0.15, 0.2) is 0 Å². The van der Waals surface area contributed by atoms with Crippen molar-refractivity contribution in [3.8, 4) is 0 Å². The molecule has 4 rings (SSSR count). The van der Waals surface area contributed by atoms with Crippen molar-refractivity contribution in [2.24, 2.45) is 0 Å². The van der Waals surface area contributed by atoms with E-state index in [9.17, 15) is 14.4 Å². The summed E-state index contributed by atoms with van der Waals surface area (Å²) in [5.74, 6) is 0.358. The van der Waals surface area contributed by atoms with Gasteiger partial charge in [-0.3, -0.25) is 14.4 Å². The molecule has 2 N–H and O–H groups in total. The van der Waals surface area contributed by atoms with Crippen LogP contribution in [-0.4, -0.2) is 22.9 Å². The number of fused-ring (bicyclic) bond motifs is 1. The number of rotatable bonds is 7. The monoisotopic (exact) mass is 445 g/mol. The Labute approximate surface area is 192 Å². The second-order valence-electron chi connectivity index (χ2n) is 8.22. The van der Waals surface area contributed by atoms with E-state index in [0.29, 0.717) is 5.76 Å². The van der Waals surface area contributed by atoms with Gasteiger partial charge in [0.05, 0.1) is 12.6 Å². The Morgan fingerprint density at radius 3 is 2.64 bits per heavy atom. The van der Waals surface area contributed by atoms with Gasteiger partial charge >= 0.3 is 0 Å². The number of pyridine rings is 1. The lowest BCUT2D eigenvalue weighted by Gasteiger charge is -2.26. The molecule has 1 aromatic carbocycles. The van der Waals surface area contributed by atoms with Crippen molar-refractivity contribution in [3.63, 3.8) is 0 Å². The van der Waals surface area contributed by atoms with Gasteiger partial charge in [0.25, 0.3) is 11.8 Å². The summed E-state index contributed by atoms with van der Waals surface area (Å²) in [5.41, 5.74) is 1.50. The molecule has 2 heterocycles. The van der Waals surface area contributed by atoms with Crippen LogP contribution in [-0.2, 0) is 13.0 Å². The lowest BCUT2D eigenvalue weighted by molar-refractivity contribution is 0.0930. The molecular weight excluding hydrogens is 418 g/mol. The fourth-order valence-electron chi connectivity index (χ4n) is 4.20. The number of benzene rings is 1. The number of aromatic nitrogens is 1. The van der Waals surface area contributed by atoms with Gasteiger partial charge < -0.3 is 19.6 Å². The molecule has 2 amide bonds. The fourth-order valence-corrected chi connectivity index (χ4v) is 4.20. The van der Waals surface area contributed by atoms with Crippen molar-refractivity contribution in [3.05, 3.63) is 105 Å². The molecule has 7 heteroatoms. The van der Waals surface area contributed by atoms with E-state index in [1.165, 1.54) is 24.0 Å². The summed E-state index contributed by atoms with van der Waals surface area (Å²) in [4.78, 5) is 39.0. The number of hydrogen-bond acceptors (Lipinski definition) is 4. The number of nitrogens with one attached hydrogen (secondary N) is 2. The number of nitrogens with zero attached hydrogens (tertiary/aromatic N) is 1. The number of carbonyl (C=O) groups is 2. The first-order chi connectivity index (χ1) is 16.0. The van der Waals surface area contributed by atoms with Crippen LogP contribution in [0.2, 0.25) is 0 Å². The Kier molecular flexibility index (Phi) is 6.58. The Balaban J connectivity index is 1.67. The normalized spacial score (nSPS) is 14.9. The van der Waals surface area contributed by atoms with Crippen LogP contribution in [0.25, 0.3) is 0 Å². The highest BCUT2D eigenvalue weighted by Gasteiger charge is 2.25. The van der Waals surface area contributed by atoms with Gasteiger partial charge in [-0.05, 0) is 49.4 Å². The van der Waals surface area contributed by atoms with Gasteiger partial charge in [-0.15, -0.1) is 6.58 Å². The summed E-state index contributed by atoms with van der Waals surface area (Å²) < 4.78 is 7.26. The maximum atomic E-state index is 13.2. The highest BCUT2D eigenvalue weighted by Crippen LogP contribution is 2.29. The highest BCUT2D eigenvalue weighted by molar-refractivity contribution is 5.99. The Hall–Kier alpha value is -3.87. The van der Waals surface area contributed by atoms with Gasteiger partial charge in [-0.2, -0.15) is 0 Å². The molecule has 0 saturated carbocycles. The van der Waals surface area contributed by atoms with E-state index in [4.69, 9.17) is 4.42 Å². The molecule has 0 spiro atoms. The molecule has 1 aliphatic carbocycles. The minimum atomic E-state index is -0.606. The van der Waals surface area contributed by atoms with Crippen LogP contribution in [0.4, 0.5) is 0 Å². The number of furan rings is 1. The van der Waals surface area contributed by atoms with Crippen molar-refractivity contribution < 1.29 is 14.0 Å². The number of aryl methyl sites for hydroxylation is 2. The maximum Gasteiger partial charge on any atom is 0.257 e. The molecule has 0 unspecified atom stereocenters. The quantitative estimate of drug-likeness (QED) is 0.544. The van der Waals surface area contributed by atoms with Gasteiger partial charge in [0.2, 0.25) is 5.43 Å². The molecular formula is C26H27N3O4. The Morgan fingerprint density at radius 1 is 1.15 bits per heavy atom. The summed E-state index contributed by atoms with van der Waals surface area (Å²) in [6.07, 6.45) is 7.17. The molecule has 0 radical (unpaired) electrons. The largest absolute Gasteiger partial charge is 0.464 e. The first-order valence-corrected chi connectivity index (χ1v) is 11.0. The van der Waals surface area contributed by atoms with Crippen molar-refractivity contribution >= 4 is 11.8 Å². The standard InChI is InChI=1S/C26H27N3O4/c1-3-13-27-25(31)21-15-29(14-19-12-11-17(2)33-19)16-22(24(21)30)26(32)28-23-10-6-8-18-7-4-5-9-20(18)23/h3-5,7,9,11-12,15-16,23H,1,6,8,10,13-14H2,2H3,(H,27,31)(H,28,32)/t23-/m0/s1. The summed E-state index contributed by atoms with van der Waals surface area (Å²) in [7, 11) is 0. The van der Waals surface area contributed by atoms with Crippen LogP contribution < -0.4 is 16.1 Å². The Morgan fingerprint density at radius 2 is 1.91 bits per heavy atom. The summed E-state index contributed by atoms with van der Waals surface area (Å²) >= 11 is 0. The SMILES string of the molecule is C=CCNC(=O)c1cn(Cc2ccc(C)o2)cc(C(=O)N[C@H]2CCCc3ccccc32)c1=O. The van der Waals surface area contributed by atoms with Gasteiger partial charge in [-0.1, -0.05) is 30.3 Å². The van der Waals surface area contributed by atoms with Crippen molar-refractivity contribution in [2.45, 2.75) is 38.8 Å². The lowest BCUT2D eigenvalue weighted by Crippen LogP contribution is -2.37. The van der Waals surface area contributed by atoms with E-state index in [1.807, 2.05) is 37.3 Å². The van der Waals surface area contributed by atoms with Gasteiger partial charge in [0, 0.05) is 18.9 Å². The second-order valence-corrected chi connectivity index (χ2v) is 8.22. The molecule has 1 aliphatic rings. The van der Waals surface area contributed by atoms with Gasteiger partial charge in [-0.25, -0.2) is 0 Å². The zero-order valence-corrected chi connectivity index (χ0v) is 18.6. The van der Waals surface area contributed by atoms with Gasteiger partial charge in [0.1, 0.15) is 22.6 Å². The van der Waals surface area contributed by atoms with Crippen molar-refractivity contribution in [1.82, 2.24) is 15.2 Å². The molecule has 0 saturated heterocycles. The van der Waals surface area contributed by atoms with Crippen LogP contribution in [0.1, 0.15) is 62.2 Å². The van der Waals surface area contributed by atoms with Crippen LogP contribution >= 0.6 is 0 Å². The topological polar surface area (TPSA) is 93.3 Å². The van der Waals surface area contributed by atoms with E-state index < -0.39 is 17.2 Å². The molecule has 0 fully saturated rings. The van der Waals surface area contributed by atoms with Crippen LogP contribution in [0.3, 0.4) is 0 Å².